The summed E-state index contributed by atoms with van der Waals surface area (Å²) in [4.78, 5) is 35.7. The van der Waals surface area contributed by atoms with Gasteiger partial charge in [-0.25, -0.2) is 0 Å². The van der Waals surface area contributed by atoms with Crippen LogP contribution in [0.1, 0.15) is 24.2 Å². The highest BCUT2D eigenvalue weighted by atomic mass is 35.5. The molecular weight excluding hydrogens is 412 g/mol. The fraction of sp³-hybridized carbons (Fsp3) is 0.286. The average Bonchev–Trinajstić information content (AvgIpc) is 2.70. The first kappa shape index (κ1) is 23.0. The number of carbonyl (C=O) groups is 3. The van der Waals surface area contributed by atoms with E-state index in [2.05, 4.69) is 10.6 Å². The van der Waals surface area contributed by atoms with Gasteiger partial charge in [0.2, 0.25) is 0 Å². The minimum absolute atomic E-state index is 0.0263. The molecule has 2 amide bonds. The van der Waals surface area contributed by atoms with Crippen LogP contribution in [0.4, 0.5) is 5.69 Å². The number of benzene rings is 2. The van der Waals surface area contributed by atoms with E-state index >= 15 is 0 Å². The molecule has 0 fully saturated rings. The second kappa shape index (κ2) is 11.1. The lowest BCUT2D eigenvalue weighted by molar-refractivity contribution is -0.146. The molecule has 0 saturated carbocycles. The minimum atomic E-state index is -0.744. The molecule has 2 rings (SSSR count). The van der Waals surface area contributed by atoms with Crippen molar-refractivity contribution in [3.63, 3.8) is 0 Å². The number of halogens is 1. The molecule has 0 saturated heterocycles. The number of hydrogen-bond donors (Lipinski definition) is 2. The lowest BCUT2D eigenvalue weighted by Crippen LogP contribution is -2.32. The van der Waals surface area contributed by atoms with Gasteiger partial charge in [0.05, 0.1) is 18.2 Å². The monoisotopic (exact) mass is 434 g/mol. The highest BCUT2D eigenvalue weighted by Gasteiger charge is 2.12. The summed E-state index contributed by atoms with van der Waals surface area (Å²) < 4.78 is 15.4. The van der Waals surface area contributed by atoms with Crippen molar-refractivity contribution in [1.29, 1.82) is 0 Å². The van der Waals surface area contributed by atoms with Crippen molar-refractivity contribution in [2.24, 2.45) is 0 Å². The Morgan fingerprint density at radius 2 is 1.77 bits per heavy atom. The number of ether oxygens (including phenoxy) is 3. The number of carbonyl (C=O) groups excluding carboxylic acids is 3. The van der Waals surface area contributed by atoms with E-state index in [4.69, 9.17) is 25.8 Å². The molecule has 2 N–H and O–H groups in total. The summed E-state index contributed by atoms with van der Waals surface area (Å²) in [7, 11) is 1.48. The van der Waals surface area contributed by atoms with Gasteiger partial charge in [-0.2, -0.15) is 0 Å². The third-order valence-corrected chi connectivity index (χ3v) is 3.98. The molecule has 0 aliphatic rings. The third kappa shape index (κ3) is 7.29. The van der Waals surface area contributed by atoms with Crippen molar-refractivity contribution in [3.05, 3.63) is 53.1 Å². The molecule has 0 heterocycles. The van der Waals surface area contributed by atoms with Gasteiger partial charge in [-0.15, -0.1) is 0 Å². The van der Waals surface area contributed by atoms with Crippen LogP contribution in [0.15, 0.2) is 42.5 Å². The Morgan fingerprint density at radius 1 is 1.07 bits per heavy atom. The molecule has 2 aromatic carbocycles. The molecule has 0 radical (unpaired) electrons. The zero-order chi connectivity index (χ0) is 22.1. The van der Waals surface area contributed by atoms with Gasteiger partial charge in [0.15, 0.2) is 6.61 Å². The number of esters is 1. The van der Waals surface area contributed by atoms with Gasteiger partial charge < -0.3 is 24.8 Å². The normalized spacial score (nSPS) is 10.3. The van der Waals surface area contributed by atoms with Crippen LogP contribution in [0.2, 0.25) is 5.02 Å². The predicted molar refractivity (Wildman–Crippen MR) is 112 cm³/mol. The predicted octanol–water partition coefficient (Wildman–Crippen LogP) is 3.05. The van der Waals surface area contributed by atoms with Crippen LogP contribution < -0.4 is 20.1 Å². The quantitative estimate of drug-likeness (QED) is 0.588. The van der Waals surface area contributed by atoms with Crippen LogP contribution in [-0.4, -0.2) is 44.1 Å². The molecule has 0 aliphatic carbocycles. The number of methoxy groups -OCH3 is 1. The van der Waals surface area contributed by atoms with Gasteiger partial charge in [-0.1, -0.05) is 11.6 Å². The summed E-state index contributed by atoms with van der Waals surface area (Å²) in [6, 6.07) is 11.2. The van der Waals surface area contributed by atoms with Crippen molar-refractivity contribution in [3.8, 4) is 11.5 Å². The Kier molecular flexibility index (Phi) is 8.49. The van der Waals surface area contributed by atoms with E-state index in [1.165, 1.54) is 13.2 Å². The van der Waals surface area contributed by atoms with E-state index in [0.717, 1.165) is 0 Å². The topological polar surface area (TPSA) is 103 Å². The second-order valence-corrected chi connectivity index (χ2v) is 6.84. The van der Waals surface area contributed by atoms with Gasteiger partial charge in [0, 0.05) is 11.3 Å². The Morgan fingerprint density at radius 3 is 2.37 bits per heavy atom. The number of amides is 2. The van der Waals surface area contributed by atoms with Gasteiger partial charge in [0.1, 0.15) is 18.0 Å². The van der Waals surface area contributed by atoms with Gasteiger partial charge in [0.25, 0.3) is 11.8 Å². The number of anilines is 1. The molecular formula is C21H23ClN2O6. The summed E-state index contributed by atoms with van der Waals surface area (Å²) in [5.74, 6) is -0.618. The molecule has 0 spiro atoms. The Labute approximate surface area is 179 Å². The van der Waals surface area contributed by atoms with E-state index < -0.39 is 24.4 Å². The molecule has 160 valence electrons. The third-order valence-electron chi connectivity index (χ3n) is 3.68. The smallest absolute Gasteiger partial charge is 0.325 e. The molecule has 8 nitrogen and oxygen atoms in total. The van der Waals surface area contributed by atoms with Crippen LogP contribution in [0.25, 0.3) is 0 Å². The van der Waals surface area contributed by atoms with Crippen LogP contribution in [0.3, 0.4) is 0 Å². The highest BCUT2D eigenvalue weighted by molar-refractivity contribution is 6.32. The second-order valence-electron chi connectivity index (χ2n) is 6.43. The van der Waals surface area contributed by atoms with Gasteiger partial charge >= 0.3 is 5.97 Å². The Balaban J connectivity index is 1.74. The van der Waals surface area contributed by atoms with E-state index in [0.29, 0.717) is 27.8 Å². The molecule has 0 unspecified atom stereocenters. The van der Waals surface area contributed by atoms with E-state index in [9.17, 15) is 14.4 Å². The maximum Gasteiger partial charge on any atom is 0.325 e. The molecule has 0 aliphatic heterocycles. The SMILES string of the molecule is COc1ccc(NC(=O)COC(=O)CNC(=O)c2ccc(OC(C)C)cc2)cc1Cl. The molecule has 9 heteroatoms. The van der Waals surface area contributed by atoms with Crippen molar-refractivity contribution in [2.75, 3.05) is 25.6 Å². The number of hydrogen-bond acceptors (Lipinski definition) is 6. The summed E-state index contributed by atoms with van der Waals surface area (Å²) in [6.07, 6.45) is 0.0263. The van der Waals surface area contributed by atoms with Crippen molar-refractivity contribution >= 4 is 35.1 Å². The summed E-state index contributed by atoms with van der Waals surface area (Å²) in [5, 5.41) is 5.31. The zero-order valence-electron chi connectivity index (χ0n) is 16.9. The summed E-state index contributed by atoms with van der Waals surface area (Å²) >= 11 is 5.98. The van der Waals surface area contributed by atoms with Gasteiger partial charge in [-0.3, -0.25) is 14.4 Å². The fourth-order valence-corrected chi connectivity index (χ4v) is 2.61. The first-order valence-corrected chi connectivity index (χ1v) is 9.50. The Hall–Kier alpha value is -3.26. The van der Waals surface area contributed by atoms with Crippen molar-refractivity contribution in [2.45, 2.75) is 20.0 Å². The van der Waals surface area contributed by atoms with Crippen LogP contribution in [0, 0.1) is 0 Å². The largest absolute Gasteiger partial charge is 0.495 e. The van der Waals surface area contributed by atoms with E-state index in [1.54, 1.807) is 36.4 Å². The minimum Gasteiger partial charge on any atom is -0.495 e. The highest BCUT2D eigenvalue weighted by Crippen LogP contribution is 2.27. The molecule has 30 heavy (non-hydrogen) atoms. The first-order chi connectivity index (χ1) is 14.3. The molecule has 0 atom stereocenters. The average molecular weight is 435 g/mol. The summed E-state index contributed by atoms with van der Waals surface area (Å²) in [5.41, 5.74) is 0.799. The maximum atomic E-state index is 12.1. The van der Waals surface area contributed by atoms with Crippen LogP contribution in [-0.2, 0) is 14.3 Å². The maximum absolute atomic E-state index is 12.1. The first-order valence-electron chi connectivity index (χ1n) is 9.12. The number of rotatable bonds is 9. The van der Waals surface area contributed by atoms with Crippen molar-refractivity contribution < 1.29 is 28.6 Å². The fourth-order valence-electron chi connectivity index (χ4n) is 2.35. The lowest BCUT2D eigenvalue weighted by atomic mass is 10.2. The summed E-state index contributed by atoms with van der Waals surface area (Å²) in [6.45, 7) is 2.93. The van der Waals surface area contributed by atoms with Gasteiger partial charge in [-0.05, 0) is 56.3 Å². The number of nitrogens with one attached hydrogen (secondary N) is 2. The standard InChI is InChI=1S/C21H23ClN2O6/c1-13(2)30-16-7-4-14(5-8-16)21(27)23-11-20(26)29-12-19(25)24-15-6-9-18(28-3)17(22)10-15/h4-10,13H,11-12H2,1-3H3,(H,23,27)(H,24,25). The molecule has 0 bridgehead atoms. The Bertz CT molecular complexity index is 899. The van der Waals surface area contributed by atoms with E-state index in [1.807, 2.05) is 13.8 Å². The van der Waals surface area contributed by atoms with Crippen molar-refractivity contribution in [1.82, 2.24) is 5.32 Å². The molecule has 0 aromatic heterocycles. The van der Waals surface area contributed by atoms with E-state index in [-0.39, 0.29) is 12.6 Å². The van der Waals surface area contributed by atoms with Crippen LogP contribution in [0.5, 0.6) is 11.5 Å². The lowest BCUT2D eigenvalue weighted by Gasteiger charge is -2.10. The zero-order valence-corrected chi connectivity index (χ0v) is 17.6. The molecule has 2 aromatic rings. The van der Waals surface area contributed by atoms with Crippen LogP contribution >= 0.6 is 11.6 Å².